The van der Waals surface area contributed by atoms with Crippen LogP contribution in [0, 0.1) is 17.8 Å². The van der Waals surface area contributed by atoms with Crippen molar-refractivity contribution < 1.29 is 0 Å². The van der Waals surface area contributed by atoms with Gasteiger partial charge in [-0.2, -0.15) is 0 Å². The fourth-order valence-corrected chi connectivity index (χ4v) is 2.52. The zero-order valence-electron chi connectivity index (χ0n) is 7.87. The fraction of sp³-hybridized carbons (Fsp3) is 0.889. The maximum Gasteiger partial charge on any atom is 0.203 e. The molecule has 0 aliphatic heterocycles. The summed E-state index contributed by atoms with van der Waals surface area (Å²) in [4.78, 5) is 4.20. The largest absolute Gasteiger partial charge is 0.369 e. The second-order valence-corrected chi connectivity index (χ2v) is 4.22. The Kier molecular flexibility index (Phi) is 2.40. The zero-order valence-corrected chi connectivity index (χ0v) is 7.87. The average Bonchev–Trinajstić information content (AvgIpc) is 2.92. The second kappa shape index (κ2) is 3.54. The van der Waals surface area contributed by atoms with Gasteiger partial charge in [-0.05, 0) is 30.6 Å². The number of nitrogens with two attached hydrogens (primary N) is 2. The van der Waals surface area contributed by atoms with E-state index in [-0.39, 0.29) is 0 Å². The molecule has 0 aromatic carbocycles. The lowest BCUT2D eigenvalue weighted by Gasteiger charge is -2.19. The lowest BCUT2D eigenvalue weighted by molar-refractivity contribution is 0.344. The number of hydrogen-bond acceptors (Lipinski definition) is 2. The Labute approximate surface area is 78.7 Å². The molecule has 0 aromatic heterocycles. The van der Waals surface area contributed by atoms with Crippen molar-refractivity contribution in [3.05, 3.63) is 0 Å². The van der Waals surface area contributed by atoms with Crippen LogP contribution in [-0.2, 0) is 0 Å². The molecule has 0 bridgehead atoms. The van der Waals surface area contributed by atoms with Crippen LogP contribution in [0.5, 0.6) is 0 Å². The summed E-state index contributed by atoms with van der Waals surface area (Å²) in [6.07, 6.45) is 5.56. The van der Waals surface area contributed by atoms with Gasteiger partial charge in [0.2, 0.25) is 5.96 Å². The van der Waals surface area contributed by atoms with Gasteiger partial charge in [0.25, 0.3) is 0 Å². The molecule has 0 radical (unpaired) electrons. The number of hydrogen-bond donors (Lipinski definition) is 3. The Hall–Kier alpha value is -0.770. The third-order valence-electron chi connectivity index (χ3n) is 3.38. The van der Waals surface area contributed by atoms with Gasteiger partial charge < -0.3 is 5.73 Å². The molecule has 0 heterocycles. The molecule has 2 saturated carbocycles. The minimum atomic E-state index is 0.364. The highest BCUT2D eigenvalue weighted by Crippen LogP contribution is 2.52. The molecular formula is C9H18N4. The number of guanidine groups is 1. The lowest BCUT2D eigenvalue weighted by atomic mass is 9.89. The Balaban J connectivity index is 1.81. The van der Waals surface area contributed by atoms with Crippen LogP contribution in [0.2, 0.25) is 0 Å². The first-order valence-corrected chi connectivity index (χ1v) is 5.08. The molecule has 13 heavy (non-hydrogen) atoms. The Morgan fingerprint density at radius 3 is 3.08 bits per heavy atom. The Morgan fingerprint density at radius 1 is 1.46 bits per heavy atom. The summed E-state index contributed by atoms with van der Waals surface area (Å²) < 4.78 is 0. The number of nitrogens with zero attached hydrogens (tertiary/aromatic N) is 1. The van der Waals surface area contributed by atoms with Crippen molar-refractivity contribution in [1.29, 1.82) is 0 Å². The Morgan fingerprint density at radius 2 is 2.31 bits per heavy atom. The summed E-state index contributed by atoms with van der Waals surface area (Å²) in [5.74, 6) is 8.22. The van der Waals surface area contributed by atoms with Crippen molar-refractivity contribution in [2.75, 3.05) is 6.54 Å². The van der Waals surface area contributed by atoms with Crippen LogP contribution < -0.4 is 17.0 Å². The predicted molar refractivity (Wildman–Crippen MR) is 52.8 cm³/mol. The Bertz CT molecular complexity index is 214. The van der Waals surface area contributed by atoms with Crippen molar-refractivity contribution in [2.24, 2.45) is 34.3 Å². The smallest absolute Gasteiger partial charge is 0.203 e. The molecule has 2 rings (SSSR count). The second-order valence-electron chi connectivity index (χ2n) is 4.22. The highest BCUT2D eigenvalue weighted by Gasteiger charge is 2.44. The molecule has 74 valence electrons. The van der Waals surface area contributed by atoms with Crippen LogP contribution in [0.15, 0.2) is 4.99 Å². The van der Waals surface area contributed by atoms with Crippen LogP contribution in [0.4, 0.5) is 0 Å². The highest BCUT2D eigenvalue weighted by molar-refractivity contribution is 5.77. The molecule has 4 nitrogen and oxygen atoms in total. The van der Waals surface area contributed by atoms with Crippen molar-refractivity contribution in [2.45, 2.75) is 25.7 Å². The number of fused-ring (bicyclic) bond motifs is 1. The number of nitrogens with one attached hydrogen (secondary N) is 1. The summed E-state index contributed by atoms with van der Waals surface area (Å²) in [7, 11) is 0. The summed E-state index contributed by atoms with van der Waals surface area (Å²) in [6.45, 7) is 0.858. The van der Waals surface area contributed by atoms with Gasteiger partial charge in [0.05, 0.1) is 0 Å². The van der Waals surface area contributed by atoms with Crippen molar-refractivity contribution in [3.63, 3.8) is 0 Å². The minimum Gasteiger partial charge on any atom is -0.369 e. The van der Waals surface area contributed by atoms with E-state index in [0.29, 0.717) is 5.96 Å². The van der Waals surface area contributed by atoms with Crippen LogP contribution >= 0.6 is 0 Å². The minimum absolute atomic E-state index is 0.364. The average molecular weight is 182 g/mol. The van der Waals surface area contributed by atoms with Gasteiger partial charge in [-0.3, -0.25) is 10.4 Å². The molecule has 3 unspecified atom stereocenters. The van der Waals surface area contributed by atoms with E-state index in [1.165, 1.54) is 25.7 Å². The van der Waals surface area contributed by atoms with E-state index in [1.54, 1.807) is 0 Å². The van der Waals surface area contributed by atoms with Crippen LogP contribution in [0.1, 0.15) is 25.7 Å². The van der Waals surface area contributed by atoms with Crippen molar-refractivity contribution in [1.82, 2.24) is 5.43 Å². The molecule has 5 N–H and O–H groups in total. The van der Waals surface area contributed by atoms with Gasteiger partial charge in [-0.1, -0.05) is 12.8 Å². The van der Waals surface area contributed by atoms with Crippen LogP contribution in [0.3, 0.4) is 0 Å². The van der Waals surface area contributed by atoms with E-state index < -0.39 is 0 Å². The molecular weight excluding hydrogens is 164 g/mol. The van der Waals surface area contributed by atoms with Crippen molar-refractivity contribution >= 4 is 5.96 Å². The summed E-state index contributed by atoms with van der Waals surface area (Å²) in [6, 6.07) is 0. The SMILES string of the molecule is NNC(N)=NCC1CCCC2CC12. The third-order valence-corrected chi connectivity index (χ3v) is 3.38. The fourth-order valence-electron chi connectivity index (χ4n) is 2.52. The molecule has 2 aliphatic carbocycles. The molecule has 3 atom stereocenters. The molecule has 0 spiro atoms. The monoisotopic (exact) mass is 182 g/mol. The molecule has 0 aromatic rings. The van der Waals surface area contributed by atoms with E-state index in [0.717, 1.165) is 24.3 Å². The quantitative estimate of drug-likeness (QED) is 0.247. The maximum absolute atomic E-state index is 5.46. The molecule has 0 amide bonds. The summed E-state index contributed by atoms with van der Waals surface area (Å²) in [5, 5.41) is 0. The van der Waals surface area contributed by atoms with Gasteiger partial charge in [0, 0.05) is 6.54 Å². The number of aliphatic imine (C=N–C) groups is 1. The van der Waals surface area contributed by atoms with Gasteiger partial charge in [0.1, 0.15) is 0 Å². The normalized spacial score (nSPS) is 38.2. The number of hydrazine groups is 1. The first kappa shape index (κ1) is 8.81. The van der Waals surface area contributed by atoms with Crippen LogP contribution in [-0.4, -0.2) is 12.5 Å². The van der Waals surface area contributed by atoms with E-state index in [9.17, 15) is 0 Å². The molecule has 4 heteroatoms. The van der Waals surface area contributed by atoms with Crippen molar-refractivity contribution in [3.8, 4) is 0 Å². The summed E-state index contributed by atoms with van der Waals surface area (Å²) >= 11 is 0. The lowest BCUT2D eigenvalue weighted by Crippen LogP contribution is -2.37. The third kappa shape index (κ3) is 1.94. The van der Waals surface area contributed by atoms with E-state index >= 15 is 0 Å². The van der Waals surface area contributed by atoms with E-state index in [4.69, 9.17) is 11.6 Å². The summed E-state index contributed by atoms with van der Waals surface area (Å²) in [5.41, 5.74) is 7.82. The highest BCUT2D eigenvalue weighted by atomic mass is 15.3. The van der Waals surface area contributed by atoms with Crippen LogP contribution in [0.25, 0.3) is 0 Å². The predicted octanol–water partition coefficient (Wildman–Crippen LogP) is 0.201. The first-order chi connectivity index (χ1) is 6.31. The topological polar surface area (TPSA) is 76.4 Å². The molecule has 2 fully saturated rings. The first-order valence-electron chi connectivity index (χ1n) is 5.08. The van der Waals surface area contributed by atoms with Gasteiger partial charge >= 0.3 is 0 Å². The van der Waals surface area contributed by atoms with Gasteiger partial charge in [0.15, 0.2) is 0 Å². The molecule has 0 saturated heterocycles. The van der Waals surface area contributed by atoms with Gasteiger partial charge in [-0.25, -0.2) is 5.84 Å². The zero-order chi connectivity index (χ0) is 9.26. The maximum atomic E-state index is 5.46. The standard InChI is InChI=1S/C9H18N4/c10-9(13-11)12-5-7-3-1-2-6-4-8(6)7/h6-8H,1-5,11H2,(H3,10,12,13). The van der Waals surface area contributed by atoms with E-state index in [2.05, 4.69) is 10.4 Å². The van der Waals surface area contributed by atoms with E-state index in [1.807, 2.05) is 0 Å². The van der Waals surface area contributed by atoms with Gasteiger partial charge in [-0.15, -0.1) is 0 Å². The molecule has 2 aliphatic rings. The number of rotatable bonds is 2.